The maximum atomic E-state index is 11.2. The van der Waals surface area contributed by atoms with Crippen LogP contribution in [0.1, 0.15) is 6.92 Å². The second-order valence-electron chi connectivity index (χ2n) is 3.74. The molecule has 100 valence electrons. The number of rotatable bonds is 7. The van der Waals surface area contributed by atoms with E-state index in [0.29, 0.717) is 18.2 Å². The van der Waals surface area contributed by atoms with Crippen molar-refractivity contribution in [1.29, 1.82) is 0 Å². The molecule has 0 aromatic heterocycles. The van der Waals surface area contributed by atoms with Gasteiger partial charge in [0.25, 0.3) is 0 Å². The Kier molecular flexibility index (Phi) is 6.36. The molecule has 5 heteroatoms. The lowest BCUT2D eigenvalue weighted by atomic mass is 10.2. The maximum Gasteiger partial charge on any atom is 0.311 e. The number of esters is 1. The number of hydrogen-bond donors (Lipinski definition) is 0. The summed E-state index contributed by atoms with van der Waals surface area (Å²) >= 11 is 5.52. The molecule has 0 aliphatic rings. The summed E-state index contributed by atoms with van der Waals surface area (Å²) in [6.45, 7) is 2.51. The van der Waals surface area contributed by atoms with Gasteiger partial charge in [-0.05, 0) is 31.2 Å². The van der Waals surface area contributed by atoms with Gasteiger partial charge in [-0.15, -0.1) is 11.6 Å². The summed E-state index contributed by atoms with van der Waals surface area (Å²) in [5.74, 6) is 1.31. The quantitative estimate of drug-likeness (QED) is 0.565. The third-order valence-electron chi connectivity index (χ3n) is 2.27. The van der Waals surface area contributed by atoms with Gasteiger partial charge in [-0.3, -0.25) is 4.79 Å². The molecule has 0 fully saturated rings. The van der Waals surface area contributed by atoms with Crippen LogP contribution in [0.25, 0.3) is 0 Å². The van der Waals surface area contributed by atoms with E-state index in [1.807, 2.05) is 0 Å². The average Bonchev–Trinajstić information content (AvgIpc) is 2.42. The van der Waals surface area contributed by atoms with E-state index in [-0.39, 0.29) is 18.5 Å². The minimum atomic E-state index is -0.290. The molecule has 0 amide bonds. The predicted octanol–water partition coefficient (Wildman–Crippen LogP) is 2.49. The number of methoxy groups -OCH3 is 1. The standard InChI is InChI=1S/C13H17ClO4/c1-10(13(15)16-2)9-18-12-5-3-11(4-6-12)17-8-7-14/h3-6,10H,7-9H2,1-2H3. The maximum absolute atomic E-state index is 11.2. The molecule has 0 bridgehead atoms. The molecule has 0 N–H and O–H groups in total. The zero-order chi connectivity index (χ0) is 13.4. The SMILES string of the molecule is COC(=O)C(C)COc1ccc(OCCCl)cc1. The first-order valence-electron chi connectivity index (χ1n) is 5.66. The minimum Gasteiger partial charge on any atom is -0.493 e. The van der Waals surface area contributed by atoms with Gasteiger partial charge in [0.2, 0.25) is 0 Å². The Bertz CT molecular complexity index is 364. The van der Waals surface area contributed by atoms with E-state index in [9.17, 15) is 4.79 Å². The summed E-state index contributed by atoms with van der Waals surface area (Å²) in [5.41, 5.74) is 0. The molecule has 4 nitrogen and oxygen atoms in total. The highest BCUT2D eigenvalue weighted by Gasteiger charge is 2.13. The number of benzene rings is 1. The van der Waals surface area contributed by atoms with E-state index in [1.165, 1.54) is 7.11 Å². The Morgan fingerprint density at radius 3 is 2.28 bits per heavy atom. The second-order valence-corrected chi connectivity index (χ2v) is 4.12. The molecule has 1 aromatic carbocycles. The molecular formula is C13H17ClO4. The molecule has 0 saturated heterocycles. The molecule has 0 aliphatic heterocycles. The number of alkyl halides is 1. The van der Waals surface area contributed by atoms with Gasteiger partial charge in [-0.25, -0.2) is 0 Å². The van der Waals surface area contributed by atoms with Crippen LogP contribution in [0.3, 0.4) is 0 Å². The van der Waals surface area contributed by atoms with Crippen molar-refractivity contribution in [2.24, 2.45) is 5.92 Å². The largest absolute Gasteiger partial charge is 0.493 e. The Morgan fingerprint density at radius 2 is 1.78 bits per heavy atom. The molecule has 0 spiro atoms. The molecule has 0 radical (unpaired) electrons. The lowest BCUT2D eigenvalue weighted by Gasteiger charge is -2.11. The van der Waals surface area contributed by atoms with Gasteiger partial charge in [0.15, 0.2) is 0 Å². The smallest absolute Gasteiger partial charge is 0.311 e. The topological polar surface area (TPSA) is 44.8 Å². The van der Waals surface area contributed by atoms with Crippen LogP contribution in [0.4, 0.5) is 0 Å². The number of hydrogen-bond acceptors (Lipinski definition) is 4. The normalized spacial score (nSPS) is 11.7. The first-order chi connectivity index (χ1) is 8.67. The summed E-state index contributed by atoms with van der Waals surface area (Å²) in [5, 5.41) is 0. The number of carbonyl (C=O) groups is 1. The summed E-state index contributed by atoms with van der Waals surface area (Å²) in [6, 6.07) is 7.16. The molecule has 0 heterocycles. The van der Waals surface area contributed by atoms with E-state index in [1.54, 1.807) is 31.2 Å². The zero-order valence-corrected chi connectivity index (χ0v) is 11.3. The number of carbonyl (C=O) groups excluding carboxylic acids is 1. The van der Waals surface area contributed by atoms with Crippen LogP contribution in [-0.2, 0) is 9.53 Å². The highest BCUT2D eigenvalue weighted by Crippen LogP contribution is 2.18. The van der Waals surface area contributed by atoms with Gasteiger partial charge < -0.3 is 14.2 Å². The molecule has 0 saturated carbocycles. The van der Waals surface area contributed by atoms with Gasteiger partial charge in [-0.2, -0.15) is 0 Å². The molecule has 1 aromatic rings. The average molecular weight is 273 g/mol. The summed E-state index contributed by atoms with van der Waals surface area (Å²) in [4.78, 5) is 11.2. The molecule has 1 unspecified atom stereocenters. The molecule has 1 atom stereocenters. The fraction of sp³-hybridized carbons (Fsp3) is 0.462. The van der Waals surface area contributed by atoms with Crippen LogP contribution in [0.15, 0.2) is 24.3 Å². The van der Waals surface area contributed by atoms with Crippen molar-refractivity contribution in [1.82, 2.24) is 0 Å². The van der Waals surface area contributed by atoms with E-state index in [0.717, 1.165) is 5.75 Å². The van der Waals surface area contributed by atoms with E-state index in [4.69, 9.17) is 21.1 Å². The predicted molar refractivity (Wildman–Crippen MR) is 69.3 cm³/mol. The highest BCUT2D eigenvalue weighted by atomic mass is 35.5. The van der Waals surface area contributed by atoms with E-state index < -0.39 is 0 Å². The van der Waals surface area contributed by atoms with Crippen molar-refractivity contribution in [3.8, 4) is 11.5 Å². The lowest BCUT2D eigenvalue weighted by molar-refractivity contribution is -0.145. The van der Waals surface area contributed by atoms with Crippen molar-refractivity contribution in [3.05, 3.63) is 24.3 Å². The van der Waals surface area contributed by atoms with Crippen LogP contribution in [0.5, 0.6) is 11.5 Å². The van der Waals surface area contributed by atoms with Crippen LogP contribution < -0.4 is 9.47 Å². The third-order valence-corrected chi connectivity index (χ3v) is 2.43. The third kappa shape index (κ3) is 4.84. The summed E-state index contributed by atoms with van der Waals surface area (Å²) in [6.07, 6.45) is 0. The number of ether oxygens (including phenoxy) is 3. The Balaban J connectivity index is 2.41. The van der Waals surface area contributed by atoms with Crippen molar-refractivity contribution in [2.45, 2.75) is 6.92 Å². The van der Waals surface area contributed by atoms with E-state index >= 15 is 0 Å². The Labute approximate surface area is 112 Å². The summed E-state index contributed by atoms with van der Waals surface area (Å²) in [7, 11) is 1.36. The minimum absolute atomic E-state index is 0.280. The fourth-order valence-corrected chi connectivity index (χ4v) is 1.36. The first kappa shape index (κ1) is 14.6. The fourth-order valence-electron chi connectivity index (χ4n) is 1.28. The van der Waals surface area contributed by atoms with Crippen LogP contribution in [0, 0.1) is 5.92 Å². The van der Waals surface area contributed by atoms with Crippen molar-refractivity contribution in [2.75, 3.05) is 26.2 Å². The van der Waals surface area contributed by atoms with Gasteiger partial charge in [0, 0.05) is 0 Å². The molecule has 0 aliphatic carbocycles. The van der Waals surface area contributed by atoms with Gasteiger partial charge in [0.1, 0.15) is 24.7 Å². The molecule has 1 rings (SSSR count). The second kappa shape index (κ2) is 7.82. The Morgan fingerprint density at radius 1 is 1.22 bits per heavy atom. The van der Waals surface area contributed by atoms with E-state index in [2.05, 4.69) is 4.74 Å². The number of halogens is 1. The molecular weight excluding hydrogens is 256 g/mol. The molecule has 18 heavy (non-hydrogen) atoms. The zero-order valence-electron chi connectivity index (χ0n) is 10.5. The van der Waals surface area contributed by atoms with Crippen LogP contribution in [0.2, 0.25) is 0 Å². The van der Waals surface area contributed by atoms with Crippen LogP contribution in [-0.4, -0.2) is 32.2 Å². The van der Waals surface area contributed by atoms with Crippen molar-refractivity contribution < 1.29 is 19.0 Å². The van der Waals surface area contributed by atoms with Gasteiger partial charge >= 0.3 is 5.97 Å². The Hall–Kier alpha value is -1.42. The summed E-state index contributed by atoms with van der Waals surface area (Å²) < 4.78 is 15.4. The monoisotopic (exact) mass is 272 g/mol. The highest BCUT2D eigenvalue weighted by molar-refractivity contribution is 6.18. The first-order valence-corrected chi connectivity index (χ1v) is 6.20. The van der Waals surface area contributed by atoms with Crippen molar-refractivity contribution in [3.63, 3.8) is 0 Å². The van der Waals surface area contributed by atoms with Gasteiger partial charge in [0.05, 0.1) is 18.9 Å². The van der Waals surface area contributed by atoms with Crippen molar-refractivity contribution >= 4 is 17.6 Å². The lowest BCUT2D eigenvalue weighted by Crippen LogP contribution is -2.19. The van der Waals surface area contributed by atoms with Gasteiger partial charge in [-0.1, -0.05) is 0 Å². The van der Waals surface area contributed by atoms with Crippen LogP contribution >= 0.6 is 11.6 Å².